The molecule has 150 valence electrons. The van der Waals surface area contributed by atoms with Crippen molar-refractivity contribution in [3.05, 3.63) is 95.6 Å². The molecule has 2 aromatic carbocycles. The molecule has 1 heterocycles. The normalized spacial score (nSPS) is 17.0. The van der Waals surface area contributed by atoms with Gasteiger partial charge in [-0.1, -0.05) is 67.1 Å². The van der Waals surface area contributed by atoms with Crippen LogP contribution in [0.25, 0.3) is 5.57 Å². The molecule has 0 spiro atoms. The lowest BCUT2D eigenvalue weighted by atomic mass is 9.97. The maximum absolute atomic E-state index is 4.40. The molecule has 0 aliphatic heterocycles. The number of hydrogen-bond donors (Lipinski definition) is 1. The molecule has 3 aromatic rings. The van der Waals surface area contributed by atoms with Crippen LogP contribution >= 0.6 is 0 Å². The summed E-state index contributed by atoms with van der Waals surface area (Å²) in [7, 11) is 0. The zero-order valence-electron chi connectivity index (χ0n) is 17.3. The van der Waals surface area contributed by atoms with E-state index in [4.69, 9.17) is 0 Å². The van der Waals surface area contributed by atoms with E-state index in [2.05, 4.69) is 82.5 Å². The van der Waals surface area contributed by atoms with E-state index in [0.29, 0.717) is 6.04 Å². The number of hydrogen-bond acceptors (Lipinski definition) is 2. The van der Waals surface area contributed by atoms with Gasteiger partial charge in [0.15, 0.2) is 0 Å². The van der Waals surface area contributed by atoms with Gasteiger partial charge in [0.05, 0.1) is 12.0 Å². The lowest BCUT2D eigenvalue weighted by Gasteiger charge is -2.16. The van der Waals surface area contributed by atoms with Gasteiger partial charge >= 0.3 is 0 Å². The minimum absolute atomic E-state index is 0.421. The average molecular weight is 386 g/mol. The monoisotopic (exact) mass is 385 g/mol. The van der Waals surface area contributed by atoms with Crippen molar-refractivity contribution in [2.24, 2.45) is 0 Å². The van der Waals surface area contributed by atoms with E-state index in [9.17, 15) is 0 Å². The summed E-state index contributed by atoms with van der Waals surface area (Å²) >= 11 is 0. The lowest BCUT2D eigenvalue weighted by Crippen LogP contribution is -2.27. The van der Waals surface area contributed by atoms with Gasteiger partial charge in [0.25, 0.3) is 0 Å². The van der Waals surface area contributed by atoms with Crippen molar-refractivity contribution < 1.29 is 0 Å². The number of aromatic nitrogens is 2. The Hall–Kier alpha value is -2.65. The van der Waals surface area contributed by atoms with E-state index in [1.54, 1.807) is 0 Å². The van der Waals surface area contributed by atoms with Crippen LogP contribution in [0.2, 0.25) is 0 Å². The van der Waals surface area contributed by atoms with Crippen molar-refractivity contribution in [1.29, 1.82) is 0 Å². The third kappa shape index (κ3) is 5.24. The molecule has 0 saturated heterocycles. The smallest absolute Gasteiger partial charge is 0.0948 e. The Morgan fingerprint density at radius 2 is 1.86 bits per heavy atom. The first-order chi connectivity index (χ1) is 14.3. The van der Waals surface area contributed by atoms with Gasteiger partial charge < -0.3 is 9.88 Å². The lowest BCUT2D eigenvalue weighted by molar-refractivity contribution is 0.520. The highest BCUT2D eigenvalue weighted by Gasteiger charge is 2.15. The largest absolute Gasteiger partial charge is 0.333 e. The van der Waals surface area contributed by atoms with Crippen molar-refractivity contribution in [3.8, 4) is 0 Å². The Morgan fingerprint density at radius 1 is 1.03 bits per heavy atom. The third-order valence-corrected chi connectivity index (χ3v) is 5.93. The SMILES string of the molecule is Cc1ccccc1C1=CC(NCc2cncn2CCc2ccccc2)CCCC1. The van der Waals surface area contributed by atoms with E-state index in [0.717, 1.165) is 19.5 Å². The maximum atomic E-state index is 4.40. The van der Waals surface area contributed by atoms with Crippen LogP contribution < -0.4 is 5.32 Å². The number of nitrogens with one attached hydrogen (secondary N) is 1. The highest BCUT2D eigenvalue weighted by atomic mass is 15.1. The van der Waals surface area contributed by atoms with Crippen molar-refractivity contribution in [2.45, 2.75) is 58.2 Å². The molecule has 1 atom stereocenters. The van der Waals surface area contributed by atoms with Gasteiger partial charge in [0, 0.05) is 25.3 Å². The first kappa shape index (κ1) is 19.7. The molecule has 29 heavy (non-hydrogen) atoms. The molecule has 0 bridgehead atoms. The van der Waals surface area contributed by atoms with Gasteiger partial charge in [-0.3, -0.25) is 0 Å². The summed E-state index contributed by atoms with van der Waals surface area (Å²) in [5.74, 6) is 0. The summed E-state index contributed by atoms with van der Waals surface area (Å²) < 4.78 is 2.28. The predicted molar refractivity (Wildman–Crippen MR) is 121 cm³/mol. The molecule has 1 aliphatic carbocycles. The van der Waals surface area contributed by atoms with Crippen LogP contribution in [-0.2, 0) is 19.5 Å². The van der Waals surface area contributed by atoms with Crippen molar-refractivity contribution in [1.82, 2.24) is 14.9 Å². The molecule has 4 rings (SSSR count). The van der Waals surface area contributed by atoms with Crippen LogP contribution in [0.5, 0.6) is 0 Å². The quantitative estimate of drug-likeness (QED) is 0.578. The second kappa shape index (κ2) is 9.71. The van der Waals surface area contributed by atoms with E-state index in [-0.39, 0.29) is 0 Å². The Morgan fingerprint density at radius 3 is 2.72 bits per heavy atom. The maximum Gasteiger partial charge on any atom is 0.0948 e. The average Bonchev–Trinajstić information content (AvgIpc) is 3.07. The number of benzene rings is 2. The summed E-state index contributed by atoms with van der Waals surface area (Å²) in [6.45, 7) is 4.04. The van der Waals surface area contributed by atoms with E-state index < -0.39 is 0 Å². The van der Waals surface area contributed by atoms with Crippen LogP contribution in [0, 0.1) is 6.92 Å². The zero-order chi connectivity index (χ0) is 19.9. The van der Waals surface area contributed by atoms with Crippen molar-refractivity contribution in [3.63, 3.8) is 0 Å². The second-order valence-electron chi connectivity index (χ2n) is 8.05. The number of allylic oxidation sites excluding steroid dienone is 1. The molecule has 3 heteroatoms. The van der Waals surface area contributed by atoms with Gasteiger partial charge in [-0.25, -0.2) is 4.98 Å². The Bertz CT molecular complexity index is 939. The Kier molecular flexibility index (Phi) is 6.58. The molecular formula is C26H31N3. The number of rotatable bonds is 7. The van der Waals surface area contributed by atoms with Crippen LogP contribution in [0.1, 0.15) is 48.1 Å². The number of aryl methyl sites for hydroxylation is 3. The molecule has 0 saturated carbocycles. The van der Waals surface area contributed by atoms with Gasteiger partial charge in [0.1, 0.15) is 0 Å². The van der Waals surface area contributed by atoms with Crippen LogP contribution in [-0.4, -0.2) is 15.6 Å². The summed E-state index contributed by atoms with van der Waals surface area (Å²) in [6.07, 6.45) is 12.4. The van der Waals surface area contributed by atoms with Crippen molar-refractivity contribution in [2.75, 3.05) is 0 Å². The van der Waals surface area contributed by atoms with Crippen LogP contribution in [0.3, 0.4) is 0 Å². The zero-order valence-corrected chi connectivity index (χ0v) is 17.3. The molecule has 0 amide bonds. The van der Waals surface area contributed by atoms with Gasteiger partial charge in [0.2, 0.25) is 0 Å². The topological polar surface area (TPSA) is 29.9 Å². The highest BCUT2D eigenvalue weighted by Crippen LogP contribution is 2.28. The molecule has 0 fully saturated rings. The first-order valence-corrected chi connectivity index (χ1v) is 10.8. The minimum atomic E-state index is 0.421. The minimum Gasteiger partial charge on any atom is -0.333 e. The standard InChI is InChI=1S/C26H31N3/c1-21-9-5-8-14-26(21)23-12-6-7-13-24(17-23)28-19-25-18-27-20-29(25)16-15-22-10-3-2-4-11-22/h2-5,8-11,14,17-18,20,24,28H,6-7,12-13,15-16,19H2,1H3. The molecule has 0 radical (unpaired) electrons. The van der Waals surface area contributed by atoms with E-state index in [1.807, 2.05) is 12.5 Å². The molecule has 1 aliphatic rings. The predicted octanol–water partition coefficient (Wildman–Crippen LogP) is 5.55. The van der Waals surface area contributed by atoms with Crippen molar-refractivity contribution >= 4 is 5.57 Å². The fourth-order valence-electron chi connectivity index (χ4n) is 4.23. The molecule has 3 nitrogen and oxygen atoms in total. The van der Waals surface area contributed by atoms with Gasteiger partial charge in [-0.05, 0) is 54.9 Å². The van der Waals surface area contributed by atoms with E-state index in [1.165, 1.54) is 53.6 Å². The molecule has 1 aromatic heterocycles. The summed E-state index contributed by atoms with van der Waals surface area (Å²) in [4.78, 5) is 4.40. The molecular weight excluding hydrogens is 354 g/mol. The summed E-state index contributed by atoms with van der Waals surface area (Å²) in [5.41, 5.74) is 6.91. The Labute approximate surface area is 174 Å². The molecule has 1 N–H and O–H groups in total. The van der Waals surface area contributed by atoms with Crippen LogP contribution in [0.15, 0.2) is 73.2 Å². The first-order valence-electron chi connectivity index (χ1n) is 10.8. The summed E-state index contributed by atoms with van der Waals surface area (Å²) in [6, 6.07) is 19.9. The highest BCUT2D eigenvalue weighted by molar-refractivity contribution is 5.68. The third-order valence-electron chi connectivity index (χ3n) is 5.93. The van der Waals surface area contributed by atoms with E-state index >= 15 is 0 Å². The number of nitrogens with zero attached hydrogens (tertiary/aromatic N) is 2. The summed E-state index contributed by atoms with van der Waals surface area (Å²) in [5, 5.41) is 3.78. The fourth-order valence-corrected chi connectivity index (χ4v) is 4.23. The second-order valence-corrected chi connectivity index (χ2v) is 8.05. The fraction of sp³-hybridized carbons (Fsp3) is 0.346. The number of imidazole rings is 1. The van der Waals surface area contributed by atoms with Gasteiger partial charge in [-0.15, -0.1) is 0 Å². The van der Waals surface area contributed by atoms with Gasteiger partial charge in [-0.2, -0.15) is 0 Å². The van der Waals surface area contributed by atoms with Crippen LogP contribution in [0.4, 0.5) is 0 Å². The molecule has 1 unspecified atom stereocenters. The Balaban J connectivity index is 1.40.